The fourth-order valence-corrected chi connectivity index (χ4v) is 6.16. The van der Waals surface area contributed by atoms with Gasteiger partial charge in [0.05, 0.1) is 0 Å². The maximum absolute atomic E-state index is 13.7. The summed E-state index contributed by atoms with van der Waals surface area (Å²) in [6.45, 7) is 2.89. The van der Waals surface area contributed by atoms with Gasteiger partial charge >= 0.3 is 0 Å². The molecular formula is C39H33N3O5S. The number of fused-ring (bicyclic) bond motifs is 1. The van der Waals surface area contributed by atoms with Gasteiger partial charge in [0.25, 0.3) is 11.8 Å². The maximum atomic E-state index is 13.7. The molecule has 0 aromatic heterocycles. The Balaban J connectivity index is 1.22. The SMILES string of the molecule is Cc1cccc(/C=C(/NC(=O)c2ccccc2)C(=O)Nc2cccc(SC(C(=O)Nc3ccc4c(c3)OCCO4)c3ccccc3)c2)c1. The van der Waals surface area contributed by atoms with E-state index < -0.39 is 17.1 Å². The van der Waals surface area contributed by atoms with Crippen LogP contribution in [0, 0.1) is 6.92 Å². The van der Waals surface area contributed by atoms with Crippen molar-refractivity contribution in [2.24, 2.45) is 0 Å². The Morgan fingerprint density at radius 1 is 0.708 bits per heavy atom. The normalized spacial score (nSPS) is 12.8. The summed E-state index contributed by atoms with van der Waals surface area (Å²) in [5, 5.41) is 8.12. The molecule has 0 saturated carbocycles. The smallest absolute Gasteiger partial charge is 0.272 e. The molecule has 6 rings (SSSR count). The summed E-state index contributed by atoms with van der Waals surface area (Å²) >= 11 is 1.36. The minimum Gasteiger partial charge on any atom is -0.486 e. The number of hydrogen-bond acceptors (Lipinski definition) is 6. The monoisotopic (exact) mass is 655 g/mol. The molecule has 0 radical (unpaired) electrons. The summed E-state index contributed by atoms with van der Waals surface area (Å²) in [6.07, 6.45) is 1.65. The van der Waals surface area contributed by atoms with Crippen LogP contribution in [0.5, 0.6) is 11.5 Å². The van der Waals surface area contributed by atoms with Gasteiger partial charge in [0.15, 0.2) is 11.5 Å². The summed E-state index contributed by atoms with van der Waals surface area (Å²) in [4.78, 5) is 41.2. The van der Waals surface area contributed by atoms with E-state index in [-0.39, 0.29) is 11.6 Å². The van der Waals surface area contributed by atoms with Crippen LogP contribution >= 0.6 is 11.8 Å². The van der Waals surface area contributed by atoms with Gasteiger partial charge in [-0.3, -0.25) is 14.4 Å². The zero-order chi connectivity index (χ0) is 33.3. The molecule has 0 fully saturated rings. The zero-order valence-electron chi connectivity index (χ0n) is 26.1. The molecule has 240 valence electrons. The van der Waals surface area contributed by atoms with Crippen molar-refractivity contribution < 1.29 is 23.9 Å². The van der Waals surface area contributed by atoms with E-state index in [0.29, 0.717) is 41.7 Å². The second-order valence-electron chi connectivity index (χ2n) is 11.0. The Morgan fingerprint density at radius 2 is 1.42 bits per heavy atom. The largest absolute Gasteiger partial charge is 0.486 e. The first-order chi connectivity index (χ1) is 23.4. The molecule has 5 aromatic carbocycles. The van der Waals surface area contributed by atoms with E-state index in [1.165, 1.54) is 11.8 Å². The van der Waals surface area contributed by atoms with Crippen LogP contribution in [-0.4, -0.2) is 30.9 Å². The molecule has 8 nitrogen and oxygen atoms in total. The highest BCUT2D eigenvalue weighted by Gasteiger charge is 2.24. The molecule has 0 saturated heterocycles. The molecule has 5 aromatic rings. The van der Waals surface area contributed by atoms with E-state index in [4.69, 9.17) is 9.47 Å². The lowest BCUT2D eigenvalue weighted by atomic mass is 10.1. The van der Waals surface area contributed by atoms with Crippen LogP contribution in [0.25, 0.3) is 6.08 Å². The number of rotatable bonds is 10. The lowest BCUT2D eigenvalue weighted by Gasteiger charge is -2.20. The van der Waals surface area contributed by atoms with Crippen molar-refractivity contribution in [3.63, 3.8) is 0 Å². The molecule has 0 bridgehead atoms. The van der Waals surface area contributed by atoms with Gasteiger partial charge in [0.1, 0.15) is 24.2 Å². The van der Waals surface area contributed by atoms with E-state index in [1.807, 2.05) is 79.7 Å². The molecule has 1 heterocycles. The number of thioether (sulfide) groups is 1. The highest BCUT2D eigenvalue weighted by Crippen LogP contribution is 2.38. The van der Waals surface area contributed by atoms with Gasteiger partial charge in [-0.05, 0) is 66.6 Å². The highest BCUT2D eigenvalue weighted by atomic mass is 32.2. The lowest BCUT2D eigenvalue weighted by molar-refractivity contribution is -0.116. The first-order valence-electron chi connectivity index (χ1n) is 15.4. The number of amides is 3. The number of ether oxygens (including phenoxy) is 2. The van der Waals surface area contributed by atoms with Crippen LogP contribution in [0.1, 0.15) is 32.3 Å². The van der Waals surface area contributed by atoms with Gasteiger partial charge in [0, 0.05) is 27.9 Å². The number of nitrogens with one attached hydrogen (secondary N) is 3. The van der Waals surface area contributed by atoms with E-state index in [1.54, 1.807) is 60.7 Å². The first-order valence-corrected chi connectivity index (χ1v) is 16.3. The van der Waals surface area contributed by atoms with Gasteiger partial charge in [0.2, 0.25) is 5.91 Å². The Hall–Kier alpha value is -5.80. The Bertz CT molecular complexity index is 1960. The summed E-state index contributed by atoms with van der Waals surface area (Å²) < 4.78 is 11.3. The summed E-state index contributed by atoms with van der Waals surface area (Å²) in [5.74, 6) is 0.123. The molecule has 48 heavy (non-hydrogen) atoms. The van der Waals surface area contributed by atoms with E-state index in [0.717, 1.165) is 21.6 Å². The molecule has 0 aliphatic carbocycles. The quantitative estimate of drug-likeness (QED) is 0.105. The van der Waals surface area contributed by atoms with Crippen molar-refractivity contribution in [1.29, 1.82) is 0 Å². The van der Waals surface area contributed by atoms with Crippen molar-refractivity contribution >= 4 is 46.9 Å². The van der Waals surface area contributed by atoms with Crippen LogP contribution in [-0.2, 0) is 9.59 Å². The van der Waals surface area contributed by atoms with Crippen molar-refractivity contribution in [3.05, 3.63) is 155 Å². The van der Waals surface area contributed by atoms with Gasteiger partial charge in [-0.25, -0.2) is 0 Å². The third-order valence-corrected chi connectivity index (χ3v) is 8.63. The summed E-state index contributed by atoms with van der Waals surface area (Å²) in [5.41, 5.74) is 4.24. The molecule has 3 N–H and O–H groups in total. The molecule has 1 unspecified atom stereocenters. The van der Waals surface area contributed by atoms with Crippen molar-refractivity contribution in [2.75, 3.05) is 23.8 Å². The topological polar surface area (TPSA) is 106 Å². The van der Waals surface area contributed by atoms with Crippen molar-refractivity contribution in [1.82, 2.24) is 5.32 Å². The summed E-state index contributed by atoms with van der Waals surface area (Å²) in [6, 6.07) is 38.5. The molecule has 0 spiro atoms. The zero-order valence-corrected chi connectivity index (χ0v) is 27.0. The Kier molecular flexibility index (Phi) is 10.2. The number of anilines is 2. The van der Waals surface area contributed by atoms with Crippen LogP contribution in [0.2, 0.25) is 0 Å². The fraction of sp³-hybridized carbons (Fsp3) is 0.103. The van der Waals surface area contributed by atoms with Gasteiger partial charge in [-0.15, -0.1) is 11.8 Å². The van der Waals surface area contributed by atoms with Gasteiger partial charge in [-0.2, -0.15) is 0 Å². The number of aryl methyl sites for hydroxylation is 1. The number of carbonyl (C=O) groups excluding carboxylic acids is 3. The Labute approximate surface area is 283 Å². The Morgan fingerprint density at radius 3 is 2.19 bits per heavy atom. The van der Waals surface area contributed by atoms with Crippen LogP contribution in [0.3, 0.4) is 0 Å². The lowest BCUT2D eigenvalue weighted by Crippen LogP contribution is -2.30. The maximum Gasteiger partial charge on any atom is 0.272 e. The average Bonchev–Trinajstić information content (AvgIpc) is 3.11. The average molecular weight is 656 g/mol. The van der Waals surface area contributed by atoms with Gasteiger partial charge in [-0.1, -0.05) is 84.4 Å². The van der Waals surface area contributed by atoms with Gasteiger partial charge < -0.3 is 25.4 Å². The van der Waals surface area contributed by atoms with Crippen molar-refractivity contribution in [3.8, 4) is 11.5 Å². The first kappa shape index (κ1) is 32.2. The number of hydrogen-bond donors (Lipinski definition) is 3. The third kappa shape index (κ3) is 8.31. The highest BCUT2D eigenvalue weighted by molar-refractivity contribution is 8.00. The molecule has 3 amide bonds. The molecule has 1 atom stereocenters. The minimum absolute atomic E-state index is 0.0912. The summed E-state index contributed by atoms with van der Waals surface area (Å²) in [7, 11) is 0. The van der Waals surface area contributed by atoms with Crippen LogP contribution in [0.15, 0.2) is 138 Å². The standard InChI is InChI=1S/C39H33N3O5S/c1-26-10-8-11-27(22-26)23-33(42-37(43)29-14-6-3-7-15-29)38(44)40-30-16-9-17-32(24-30)48-36(28-12-4-2-5-13-28)39(45)41-31-18-19-34-35(25-31)47-21-20-46-34/h2-19,22-25,36H,20-21H2,1H3,(H,40,44)(H,41,45)(H,42,43)/b33-23+. The van der Waals surface area contributed by atoms with E-state index >= 15 is 0 Å². The van der Waals surface area contributed by atoms with Crippen LogP contribution in [0.4, 0.5) is 11.4 Å². The number of benzene rings is 5. The molecule has 9 heteroatoms. The predicted octanol–water partition coefficient (Wildman–Crippen LogP) is 7.65. The third-order valence-electron chi connectivity index (χ3n) is 7.38. The van der Waals surface area contributed by atoms with Crippen molar-refractivity contribution in [2.45, 2.75) is 17.1 Å². The molecule has 1 aliphatic heterocycles. The minimum atomic E-state index is -0.604. The number of carbonyl (C=O) groups is 3. The molecule has 1 aliphatic rings. The fourth-order valence-electron chi connectivity index (χ4n) is 5.08. The second kappa shape index (κ2) is 15.2. The molecular weight excluding hydrogens is 623 g/mol. The van der Waals surface area contributed by atoms with E-state index in [9.17, 15) is 14.4 Å². The van der Waals surface area contributed by atoms with E-state index in [2.05, 4.69) is 16.0 Å². The van der Waals surface area contributed by atoms with Crippen LogP contribution < -0.4 is 25.4 Å². The predicted molar refractivity (Wildman–Crippen MR) is 189 cm³/mol. The second-order valence-corrected chi connectivity index (χ2v) is 12.2.